The van der Waals surface area contributed by atoms with E-state index in [4.69, 9.17) is 0 Å². The maximum Gasteiger partial charge on any atom is 0.449 e. The zero-order valence-corrected chi connectivity index (χ0v) is 29.0. The number of piperidine rings is 2. The van der Waals surface area contributed by atoms with Gasteiger partial charge in [0.25, 0.3) is 0 Å². The molecule has 3 aliphatic rings. The molecule has 3 N–H and O–H groups in total. The lowest BCUT2D eigenvalue weighted by Crippen LogP contribution is -2.55. The van der Waals surface area contributed by atoms with Gasteiger partial charge in [-0.15, -0.1) is 0 Å². The van der Waals surface area contributed by atoms with Crippen LogP contribution in [0.3, 0.4) is 0 Å². The largest absolute Gasteiger partial charge is 0.449 e. The van der Waals surface area contributed by atoms with Crippen molar-refractivity contribution in [3.63, 3.8) is 0 Å². The van der Waals surface area contributed by atoms with Crippen LogP contribution < -0.4 is 5.32 Å². The first kappa shape index (κ1) is 33.4. The summed E-state index contributed by atoms with van der Waals surface area (Å²) in [6.07, 6.45) is 0.877. The lowest BCUT2D eigenvalue weighted by molar-refractivity contribution is -0.144. The minimum Gasteiger partial charge on any atom is -0.354 e. The smallest absolute Gasteiger partial charge is 0.354 e. The van der Waals surface area contributed by atoms with Crippen LogP contribution in [0.5, 0.6) is 0 Å². The lowest BCUT2D eigenvalue weighted by Gasteiger charge is -2.47. The second-order valence-electron chi connectivity index (χ2n) is 15.1. The van der Waals surface area contributed by atoms with Crippen molar-refractivity contribution in [3.05, 3.63) is 88.2 Å². The van der Waals surface area contributed by atoms with Gasteiger partial charge in [-0.1, -0.05) is 36.2 Å². The van der Waals surface area contributed by atoms with E-state index in [1.54, 1.807) is 12.1 Å². The number of fused-ring (bicyclic) bond motifs is 5. The predicted octanol–water partition coefficient (Wildman–Crippen LogP) is 8.96. The van der Waals surface area contributed by atoms with E-state index < -0.39 is 17.4 Å². The summed E-state index contributed by atoms with van der Waals surface area (Å²) in [5.41, 5.74) is 8.91. The molecule has 4 heterocycles. The van der Waals surface area contributed by atoms with E-state index in [0.29, 0.717) is 42.5 Å². The van der Waals surface area contributed by atoms with Gasteiger partial charge >= 0.3 is 6.18 Å². The van der Waals surface area contributed by atoms with Crippen molar-refractivity contribution in [1.82, 2.24) is 25.2 Å². The molecule has 0 unspecified atom stereocenters. The normalized spacial score (nSPS) is 18.9. The van der Waals surface area contributed by atoms with Gasteiger partial charge in [0.05, 0.1) is 22.1 Å². The third-order valence-corrected chi connectivity index (χ3v) is 10.9. The van der Waals surface area contributed by atoms with Crippen LogP contribution in [0.15, 0.2) is 54.6 Å². The Morgan fingerprint density at radius 1 is 0.959 bits per heavy atom. The minimum absolute atomic E-state index is 0.126. The number of hydrogen-bond acceptors (Lipinski definition) is 3. The number of aromatic amines is 2. The fraction of sp³-hybridized carbons (Fsp3) is 0.450. The number of carbonyl (C=O) groups excluding carboxylic acids is 1. The third kappa shape index (κ3) is 6.50. The second kappa shape index (κ2) is 12.7. The first-order valence-corrected chi connectivity index (χ1v) is 17.6. The summed E-state index contributed by atoms with van der Waals surface area (Å²) in [6.45, 7) is 12.9. The predicted molar refractivity (Wildman–Crippen MR) is 190 cm³/mol. The molecular weight excluding hydrogens is 623 g/mol. The Kier molecular flexibility index (Phi) is 8.62. The topological polar surface area (TPSA) is 76.8 Å². The molecule has 5 aromatic rings. The van der Waals surface area contributed by atoms with Crippen LogP contribution in [0, 0.1) is 19.8 Å². The van der Waals surface area contributed by atoms with E-state index >= 15 is 0 Å². The molecule has 6 nitrogen and oxygen atoms in total. The van der Waals surface area contributed by atoms with E-state index in [0.717, 1.165) is 52.7 Å². The van der Waals surface area contributed by atoms with Gasteiger partial charge in [-0.05, 0) is 137 Å². The first-order valence-electron chi connectivity index (χ1n) is 17.6. The second-order valence-corrected chi connectivity index (χ2v) is 15.1. The Balaban J connectivity index is 1.15. The molecule has 3 aromatic carbocycles. The molecule has 2 bridgehead atoms. The number of aryl methyl sites for hydroxylation is 2. The molecule has 2 aromatic heterocycles. The number of halogens is 3. The summed E-state index contributed by atoms with van der Waals surface area (Å²) in [7, 11) is 0. The van der Waals surface area contributed by atoms with E-state index in [9.17, 15) is 18.0 Å². The van der Waals surface area contributed by atoms with Gasteiger partial charge in [0.2, 0.25) is 11.7 Å². The summed E-state index contributed by atoms with van der Waals surface area (Å²) in [5.74, 6) is 0.0126. The Morgan fingerprint density at radius 2 is 1.69 bits per heavy atom. The van der Waals surface area contributed by atoms with Gasteiger partial charge in [-0.25, -0.2) is 4.98 Å². The SMILES string of the molecule is Cc1cc(C)cc(-c2[nH]c3ccc(C(C)(C)C(=O)N4CC5CCC4CC5)cc3c2[C@H](C)CNCCc2ccc3nc(C(F)(F)F)[nH]c3c2)c1. The van der Waals surface area contributed by atoms with Crippen molar-refractivity contribution in [2.45, 2.75) is 90.3 Å². The van der Waals surface area contributed by atoms with Crippen molar-refractivity contribution < 1.29 is 18.0 Å². The van der Waals surface area contributed by atoms with E-state index in [-0.39, 0.29) is 11.8 Å². The molecule has 2 saturated heterocycles. The van der Waals surface area contributed by atoms with Crippen molar-refractivity contribution in [2.24, 2.45) is 5.92 Å². The Hall–Kier alpha value is -4.11. The molecule has 0 spiro atoms. The van der Waals surface area contributed by atoms with Gasteiger partial charge in [0, 0.05) is 30.0 Å². The van der Waals surface area contributed by atoms with Crippen LogP contribution in [0.25, 0.3) is 33.2 Å². The van der Waals surface area contributed by atoms with Crippen molar-refractivity contribution in [2.75, 3.05) is 19.6 Å². The molecule has 1 amide bonds. The Morgan fingerprint density at radius 3 is 2.37 bits per heavy atom. The third-order valence-electron chi connectivity index (χ3n) is 10.9. The Bertz CT molecular complexity index is 1990. The number of hydrogen-bond donors (Lipinski definition) is 3. The first-order chi connectivity index (χ1) is 23.3. The number of benzene rings is 3. The van der Waals surface area contributed by atoms with Gasteiger partial charge in [-0.3, -0.25) is 4.79 Å². The van der Waals surface area contributed by atoms with Crippen molar-refractivity contribution in [3.8, 4) is 11.3 Å². The average Bonchev–Trinajstić information content (AvgIpc) is 3.68. The molecule has 1 atom stereocenters. The molecule has 1 saturated carbocycles. The maximum atomic E-state index is 14.1. The van der Waals surface area contributed by atoms with Crippen LogP contribution in [-0.4, -0.2) is 51.4 Å². The molecule has 8 rings (SSSR count). The molecule has 9 heteroatoms. The molecule has 0 radical (unpaired) electrons. The van der Waals surface area contributed by atoms with Gasteiger partial charge < -0.3 is 20.2 Å². The number of carbonyl (C=O) groups is 1. The molecule has 3 fully saturated rings. The van der Waals surface area contributed by atoms with Gasteiger partial charge in [0.15, 0.2) is 0 Å². The standard InChI is InChI=1S/C40H46F3N5O/c1-23-16-24(2)18-28(17-23)36-35(25(3)21-44-15-14-26-8-12-33-34(19-26)47-37(46-33)40(41,42)43)31-20-29(9-13-32(31)45-36)39(4,5)38(49)48-22-27-6-10-30(48)11-7-27/h8-9,12-13,16-20,25,27,30,44-45H,6-7,10-11,14-15,21-22H2,1-5H3,(H,46,47)/t25-,27?,30?/m1/s1. The highest BCUT2D eigenvalue weighted by Gasteiger charge is 2.42. The van der Waals surface area contributed by atoms with Crippen LogP contribution >= 0.6 is 0 Å². The molecule has 2 aliphatic heterocycles. The van der Waals surface area contributed by atoms with Crippen molar-refractivity contribution >= 4 is 27.8 Å². The van der Waals surface area contributed by atoms with Gasteiger partial charge in [0.1, 0.15) is 0 Å². The number of alkyl halides is 3. The molecule has 49 heavy (non-hydrogen) atoms. The number of aromatic nitrogens is 3. The summed E-state index contributed by atoms with van der Waals surface area (Å²) >= 11 is 0. The minimum atomic E-state index is -4.51. The maximum absolute atomic E-state index is 14.1. The van der Waals surface area contributed by atoms with E-state index in [1.165, 1.54) is 29.5 Å². The highest BCUT2D eigenvalue weighted by Crippen LogP contribution is 2.41. The molecule has 258 valence electrons. The zero-order valence-electron chi connectivity index (χ0n) is 29.0. The number of nitrogens with one attached hydrogen (secondary N) is 3. The molecular formula is C40H46F3N5O. The number of rotatable bonds is 9. The van der Waals surface area contributed by atoms with E-state index in [2.05, 4.69) is 96.2 Å². The van der Waals surface area contributed by atoms with Crippen LogP contribution in [0.2, 0.25) is 0 Å². The monoisotopic (exact) mass is 669 g/mol. The van der Waals surface area contributed by atoms with Gasteiger partial charge in [-0.2, -0.15) is 13.2 Å². The summed E-state index contributed by atoms with van der Waals surface area (Å²) in [6, 6.07) is 18.7. The van der Waals surface area contributed by atoms with Crippen LogP contribution in [-0.2, 0) is 22.8 Å². The summed E-state index contributed by atoms with van der Waals surface area (Å²) in [4.78, 5) is 26.1. The highest BCUT2D eigenvalue weighted by molar-refractivity contribution is 5.94. The Labute approximate surface area is 285 Å². The fourth-order valence-electron chi connectivity index (χ4n) is 8.26. The molecule has 1 aliphatic carbocycles. The van der Waals surface area contributed by atoms with E-state index in [1.807, 2.05) is 6.07 Å². The number of nitrogens with zero attached hydrogens (tertiary/aromatic N) is 2. The number of imidazole rings is 1. The quantitative estimate of drug-likeness (QED) is 0.137. The zero-order chi connectivity index (χ0) is 34.7. The summed E-state index contributed by atoms with van der Waals surface area (Å²) in [5, 5.41) is 4.74. The fourth-order valence-corrected chi connectivity index (χ4v) is 8.26. The van der Waals surface area contributed by atoms with Crippen LogP contribution in [0.1, 0.15) is 86.0 Å². The lowest BCUT2D eigenvalue weighted by atomic mass is 9.76. The van der Waals surface area contributed by atoms with Crippen molar-refractivity contribution in [1.29, 1.82) is 0 Å². The average molecular weight is 670 g/mol. The van der Waals surface area contributed by atoms with Crippen LogP contribution in [0.4, 0.5) is 13.2 Å². The number of amides is 1. The summed E-state index contributed by atoms with van der Waals surface area (Å²) < 4.78 is 39.4. The number of H-pyrrole nitrogens is 2. The highest BCUT2D eigenvalue weighted by atomic mass is 19.4.